The Morgan fingerprint density at radius 1 is 1.25 bits per heavy atom. The van der Waals surface area contributed by atoms with Crippen molar-refractivity contribution in [1.82, 2.24) is 14.3 Å². The summed E-state index contributed by atoms with van der Waals surface area (Å²) in [5.74, 6) is 0.558. The third-order valence-electron chi connectivity index (χ3n) is 4.58. The molecule has 0 N–H and O–H groups in total. The van der Waals surface area contributed by atoms with Gasteiger partial charge in [0, 0.05) is 30.6 Å². The monoisotopic (exact) mass is 339 g/mol. The maximum Gasteiger partial charge on any atom is 0.256 e. The molecule has 1 aliphatic rings. The van der Waals surface area contributed by atoms with Gasteiger partial charge in [0.25, 0.3) is 5.91 Å². The van der Waals surface area contributed by atoms with Crippen LogP contribution in [0.15, 0.2) is 35.8 Å². The number of aromatic nitrogens is 2. The van der Waals surface area contributed by atoms with Crippen molar-refractivity contribution in [2.24, 2.45) is 0 Å². The van der Waals surface area contributed by atoms with Crippen LogP contribution >= 0.6 is 11.3 Å². The van der Waals surface area contributed by atoms with Crippen molar-refractivity contribution in [1.29, 1.82) is 0 Å². The second kappa shape index (κ2) is 6.06. The predicted octanol–water partition coefficient (Wildman–Crippen LogP) is 4.42. The zero-order valence-electron chi connectivity index (χ0n) is 14.0. The highest BCUT2D eigenvalue weighted by Gasteiger charge is 2.24. The molecule has 0 bridgehead atoms. The van der Waals surface area contributed by atoms with Crippen molar-refractivity contribution in [3.8, 4) is 11.4 Å². The molecule has 1 amide bonds. The van der Waals surface area contributed by atoms with Crippen LogP contribution in [0.2, 0.25) is 0 Å². The number of rotatable bonds is 3. The molecule has 0 aliphatic carbocycles. The van der Waals surface area contributed by atoms with Crippen LogP contribution in [0.4, 0.5) is 0 Å². The molecular weight excluding hydrogens is 318 g/mol. The van der Waals surface area contributed by atoms with Crippen LogP contribution in [0.5, 0.6) is 0 Å². The Bertz CT molecular complexity index is 887. The maximum atomic E-state index is 12.9. The Morgan fingerprint density at radius 2 is 2.04 bits per heavy atom. The second-order valence-corrected chi connectivity index (χ2v) is 7.51. The lowest BCUT2D eigenvalue weighted by atomic mass is 10.2. The number of amides is 1. The van der Waals surface area contributed by atoms with Gasteiger partial charge >= 0.3 is 0 Å². The standard InChI is InChI=1S/C19H21N3OS/c1-13(2)18-20-15(12-24-18)17-11-14(16-7-3-4-10-22(16)17)19(23)21-8-5-6-9-21/h3-4,7,10-13H,5-6,8-9H2,1-2H3. The van der Waals surface area contributed by atoms with E-state index in [9.17, 15) is 4.79 Å². The summed E-state index contributed by atoms with van der Waals surface area (Å²) in [6.07, 6.45) is 4.22. The average Bonchev–Trinajstić information content (AvgIpc) is 3.32. The number of carbonyl (C=O) groups is 1. The van der Waals surface area contributed by atoms with Crippen LogP contribution in [0.1, 0.15) is 48.0 Å². The van der Waals surface area contributed by atoms with E-state index in [1.54, 1.807) is 11.3 Å². The molecule has 0 radical (unpaired) electrons. The van der Waals surface area contributed by atoms with Crippen molar-refractivity contribution >= 4 is 22.8 Å². The van der Waals surface area contributed by atoms with E-state index < -0.39 is 0 Å². The van der Waals surface area contributed by atoms with Crippen LogP contribution in [0, 0.1) is 0 Å². The van der Waals surface area contributed by atoms with Gasteiger partial charge in [-0.25, -0.2) is 4.98 Å². The largest absolute Gasteiger partial charge is 0.339 e. The summed E-state index contributed by atoms with van der Waals surface area (Å²) >= 11 is 1.68. The molecule has 4 heterocycles. The van der Waals surface area contributed by atoms with Crippen LogP contribution < -0.4 is 0 Å². The minimum Gasteiger partial charge on any atom is -0.339 e. The van der Waals surface area contributed by atoms with Gasteiger partial charge in [-0.1, -0.05) is 19.9 Å². The molecule has 3 aromatic heterocycles. The van der Waals surface area contributed by atoms with E-state index in [1.807, 2.05) is 35.4 Å². The highest BCUT2D eigenvalue weighted by molar-refractivity contribution is 7.10. The highest BCUT2D eigenvalue weighted by atomic mass is 32.1. The molecule has 0 saturated carbocycles. The van der Waals surface area contributed by atoms with E-state index in [2.05, 4.69) is 23.6 Å². The van der Waals surface area contributed by atoms with Crippen molar-refractivity contribution in [3.63, 3.8) is 0 Å². The summed E-state index contributed by atoms with van der Waals surface area (Å²) in [6, 6.07) is 8.01. The summed E-state index contributed by atoms with van der Waals surface area (Å²) in [7, 11) is 0. The first-order valence-corrected chi connectivity index (χ1v) is 9.38. The predicted molar refractivity (Wildman–Crippen MR) is 97.7 cm³/mol. The summed E-state index contributed by atoms with van der Waals surface area (Å²) in [6.45, 7) is 6.04. The third-order valence-corrected chi connectivity index (χ3v) is 5.72. The van der Waals surface area contributed by atoms with Gasteiger partial charge in [0.15, 0.2) is 0 Å². The topological polar surface area (TPSA) is 37.6 Å². The number of fused-ring (bicyclic) bond motifs is 1. The molecule has 4 nitrogen and oxygen atoms in total. The zero-order chi connectivity index (χ0) is 16.7. The fraction of sp³-hybridized carbons (Fsp3) is 0.368. The normalized spacial score (nSPS) is 14.9. The van der Waals surface area contributed by atoms with Crippen LogP contribution in [0.25, 0.3) is 16.9 Å². The molecule has 24 heavy (non-hydrogen) atoms. The number of pyridine rings is 1. The Labute approximate surface area is 145 Å². The molecule has 0 aromatic carbocycles. The first-order chi connectivity index (χ1) is 11.6. The summed E-state index contributed by atoms with van der Waals surface area (Å²) < 4.78 is 2.09. The van der Waals surface area contributed by atoms with Gasteiger partial charge < -0.3 is 9.30 Å². The summed E-state index contributed by atoms with van der Waals surface area (Å²) in [4.78, 5) is 19.7. The molecule has 4 rings (SSSR count). The fourth-order valence-electron chi connectivity index (χ4n) is 3.28. The van der Waals surface area contributed by atoms with E-state index in [4.69, 9.17) is 4.98 Å². The van der Waals surface area contributed by atoms with E-state index >= 15 is 0 Å². The Balaban J connectivity index is 1.82. The quantitative estimate of drug-likeness (QED) is 0.708. The lowest BCUT2D eigenvalue weighted by molar-refractivity contribution is 0.0795. The first-order valence-electron chi connectivity index (χ1n) is 8.50. The first kappa shape index (κ1) is 15.4. The van der Waals surface area contributed by atoms with Gasteiger partial charge in [-0.2, -0.15) is 0 Å². The Hall–Kier alpha value is -2.14. The number of thiazole rings is 1. The van der Waals surface area contributed by atoms with E-state index in [0.29, 0.717) is 5.92 Å². The molecule has 1 aliphatic heterocycles. The Morgan fingerprint density at radius 3 is 2.75 bits per heavy atom. The third kappa shape index (κ3) is 2.53. The highest BCUT2D eigenvalue weighted by Crippen LogP contribution is 2.30. The Kier molecular flexibility index (Phi) is 3.88. The van der Waals surface area contributed by atoms with E-state index in [-0.39, 0.29) is 5.91 Å². The zero-order valence-corrected chi connectivity index (χ0v) is 14.8. The molecule has 0 spiro atoms. The van der Waals surface area contributed by atoms with Gasteiger partial charge in [-0.15, -0.1) is 11.3 Å². The van der Waals surface area contributed by atoms with E-state index in [0.717, 1.165) is 53.4 Å². The molecule has 3 aromatic rings. The molecule has 1 saturated heterocycles. The molecule has 0 unspecified atom stereocenters. The van der Waals surface area contributed by atoms with E-state index in [1.165, 1.54) is 0 Å². The van der Waals surface area contributed by atoms with Crippen LogP contribution in [-0.2, 0) is 0 Å². The lowest BCUT2D eigenvalue weighted by Crippen LogP contribution is -2.27. The number of hydrogen-bond donors (Lipinski definition) is 0. The van der Waals surface area contributed by atoms with Crippen molar-refractivity contribution in [2.75, 3.05) is 13.1 Å². The fourth-order valence-corrected chi connectivity index (χ4v) is 4.11. The van der Waals surface area contributed by atoms with Gasteiger partial charge in [0.2, 0.25) is 0 Å². The van der Waals surface area contributed by atoms with Gasteiger partial charge in [-0.05, 0) is 31.0 Å². The lowest BCUT2D eigenvalue weighted by Gasteiger charge is -2.14. The second-order valence-electron chi connectivity index (χ2n) is 6.62. The molecule has 5 heteroatoms. The number of hydrogen-bond acceptors (Lipinski definition) is 3. The van der Waals surface area contributed by atoms with Crippen molar-refractivity contribution < 1.29 is 4.79 Å². The number of likely N-dealkylation sites (tertiary alicyclic amines) is 1. The summed E-state index contributed by atoms with van der Waals surface area (Å²) in [5, 5.41) is 3.22. The van der Waals surface area contributed by atoms with Crippen LogP contribution in [-0.4, -0.2) is 33.3 Å². The van der Waals surface area contributed by atoms with Gasteiger partial charge in [-0.3, -0.25) is 4.79 Å². The molecular formula is C19H21N3OS. The summed E-state index contributed by atoms with van der Waals surface area (Å²) in [5.41, 5.74) is 3.69. The SMILES string of the molecule is CC(C)c1nc(-c2cc(C(=O)N3CCCC3)c3ccccn23)cs1. The molecule has 0 atom stereocenters. The number of carbonyl (C=O) groups excluding carboxylic acids is 1. The molecule has 124 valence electrons. The number of nitrogens with zero attached hydrogens (tertiary/aromatic N) is 3. The van der Waals surface area contributed by atoms with Gasteiger partial charge in [0.05, 0.1) is 27.5 Å². The smallest absolute Gasteiger partial charge is 0.256 e. The maximum absolute atomic E-state index is 12.9. The van der Waals surface area contributed by atoms with Crippen molar-refractivity contribution in [2.45, 2.75) is 32.6 Å². The average molecular weight is 339 g/mol. The minimum atomic E-state index is 0.141. The van der Waals surface area contributed by atoms with Crippen molar-refractivity contribution in [3.05, 3.63) is 46.4 Å². The van der Waals surface area contributed by atoms with Crippen LogP contribution in [0.3, 0.4) is 0 Å². The molecule has 1 fully saturated rings. The van der Waals surface area contributed by atoms with Gasteiger partial charge in [0.1, 0.15) is 0 Å². The minimum absolute atomic E-state index is 0.141.